The molecule has 27 heavy (non-hydrogen) atoms. The maximum absolute atomic E-state index is 12.1. The van der Waals surface area contributed by atoms with Crippen molar-refractivity contribution in [3.63, 3.8) is 0 Å². The number of nitrogens with one attached hydrogen (secondary N) is 2. The molecule has 9 heteroatoms. The number of benzene rings is 2. The number of ether oxygens (including phenoxy) is 1. The first-order valence-corrected chi connectivity index (χ1v) is 8.62. The number of anilines is 1. The zero-order valence-electron chi connectivity index (χ0n) is 14.1. The molecule has 2 rings (SSSR count). The van der Waals surface area contributed by atoms with Crippen LogP contribution in [0.3, 0.4) is 0 Å². The molecule has 0 aromatic heterocycles. The zero-order chi connectivity index (χ0) is 19.8. The predicted octanol–water partition coefficient (Wildman–Crippen LogP) is 3.27. The van der Waals surface area contributed by atoms with E-state index in [-0.39, 0.29) is 6.42 Å². The first-order chi connectivity index (χ1) is 12.8. The summed E-state index contributed by atoms with van der Waals surface area (Å²) in [6, 6.07) is 11.6. The third kappa shape index (κ3) is 6.80. The number of hydrogen-bond acceptors (Lipinski definition) is 4. The summed E-state index contributed by atoms with van der Waals surface area (Å²) in [5.74, 6) is -1.21. The van der Waals surface area contributed by atoms with Crippen molar-refractivity contribution in [2.24, 2.45) is 5.73 Å². The summed E-state index contributed by atoms with van der Waals surface area (Å²) >= 11 is 11.9. The van der Waals surface area contributed by atoms with Gasteiger partial charge in [-0.1, -0.05) is 41.4 Å². The van der Waals surface area contributed by atoms with Gasteiger partial charge in [-0.2, -0.15) is 0 Å². The van der Waals surface area contributed by atoms with E-state index in [9.17, 15) is 14.4 Å². The average molecular weight is 410 g/mol. The van der Waals surface area contributed by atoms with E-state index in [2.05, 4.69) is 10.6 Å². The van der Waals surface area contributed by atoms with Crippen LogP contribution >= 0.6 is 23.2 Å². The maximum Gasteiger partial charge on any atom is 0.312 e. The Hall–Kier alpha value is -2.77. The van der Waals surface area contributed by atoms with E-state index >= 15 is 0 Å². The van der Waals surface area contributed by atoms with Crippen molar-refractivity contribution in [2.75, 3.05) is 11.9 Å². The van der Waals surface area contributed by atoms with E-state index in [0.717, 1.165) is 0 Å². The van der Waals surface area contributed by atoms with Crippen molar-refractivity contribution in [1.82, 2.24) is 5.32 Å². The molecular weight excluding hydrogens is 393 g/mol. The topological polar surface area (TPSA) is 111 Å². The van der Waals surface area contributed by atoms with Gasteiger partial charge in [0.1, 0.15) is 0 Å². The third-order valence-corrected chi connectivity index (χ3v) is 4.06. The summed E-state index contributed by atoms with van der Waals surface area (Å²) in [4.78, 5) is 35.1. The molecule has 0 saturated carbocycles. The minimum absolute atomic E-state index is 0.235. The van der Waals surface area contributed by atoms with Gasteiger partial charge in [0.15, 0.2) is 6.61 Å². The van der Waals surface area contributed by atoms with Gasteiger partial charge in [-0.3, -0.25) is 9.59 Å². The van der Waals surface area contributed by atoms with Crippen LogP contribution in [-0.2, 0) is 14.3 Å². The highest BCUT2D eigenvalue weighted by Crippen LogP contribution is 2.25. The molecule has 7 nitrogen and oxygen atoms in total. The Labute approximate surface area is 165 Å². The lowest BCUT2D eigenvalue weighted by molar-refractivity contribution is -0.147. The molecular formula is C18H17Cl2N3O4. The molecule has 142 valence electrons. The molecule has 4 N–H and O–H groups in total. The molecule has 0 aliphatic rings. The van der Waals surface area contributed by atoms with Gasteiger partial charge < -0.3 is 21.1 Å². The molecule has 2 aromatic rings. The summed E-state index contributed by atoms with van der Waals surface area (Å²) < 4.78 is 4.96. The number of halogens is 2. The Morgan fingerprint density at radius 1 is 1.04 bits per heavy atom. The standard InChI is InChI=1S/C18H17Cl2N3O4/c19-11-5-7-12(8-6-11)22-16(24)10-27-17(25)9-15(23-18(21)26)13-3-1-2-4-14(13)20/h1-8,15H,9-10H2,(H,22,24)(H3,21,23,26)/t15-/m0/s1. The Kier molecular flexibility index (Phi) is 7.45. The molecule has 0 saturated heterocycles. The van der Waals surface area contributed by atoms with Crippen molar-refractivity contribution in [3.8, 4) is 0 Å². The summed E-state index contributed by atoms with van der Waals surface area (Å²) in [6.07, 6.45) is -0.235. The normalized spacial score (nSPS) is 11.3. The van der Waals surface area contributed by atoms with Gasteiger partial charge in [-0.05, 0) is 35.9 Å². The van der Waals surface area contributed by atoms with Crippen LogP contribution in [-0.4, -0.2) is 24.5 Å². The van der Waals surface area contributed by atoms with Crippen LogP contribution in [0, 0.1) is 0 Å². The second kappa shape index (κ2) is 9.80. The second-order valence-corrected chi connectivity index (χ2v) is 6.35. The summed E-state index contributed by atoms with van der Waals surface area (Å²) in [5, 5.41) is 5.91. The lowest BCUT2D eigenvalue weighted by Crippen LogP contribution is -2.35. The number of esters is 1. The highest BCUT2D eigenvalue weighted by atomic mass is 35.5. The van der Waals surface area contributed by atoms with Crippen LogP contribution in [0.4, 0.5) is 10.5 Å². The molecule has 0 unspecified atom stereocenters. The van der Waals surface area contributed by atoms with Crippen LogP contribution in [0.5, 0.6) is 0 Å². The number of primary amides is 1. The number of nitrogens with two attached hydrogens (primary N) is 1. The van der Waals surface area contributed by atoms with E-state index in [4.69, 9.17) is 33.7 Å². The van der Waals surface area contributed by atoms with Crippen molar-refractivity contribution < 1.29 is 19.1 Å². The molecule has 2 aromatic carbocycles. The number of hydrogen-bond donors (Lipinski definition) is 3. The Morgan fingerprint density at radius 2 is 1.70 bits per heavy atom. The van der Waals surface area contributed by atoms with Crippen molar-refractivity contribution >= 4 is 46.8 Å². The average Bonchev–Trinajstić information content (AvgIpc) is 2.61. The van der Waals surface area contributed by atoms with E-state index in [0.29, 0.717) is 21.3 Å². The highest BCUT2D eigenvalue weighted by Gasteiger charge is 2.21. The van der Waals surface area contributed by atoms with E-state index < -0.39 is 30.6 Å². The minimum Gasteiger partial charge on any atom is -0.455 e. The first-order valence-electron chi connectivity index (χ1n) is 7.86. The molecule has 3 amide bonds. The van der Waals surface area contributed by atoms with E-state index in [1.807, 2.05) is 0 Å². The van der Waals surface area contributed by atoms with Gasteiger partial charge in [0.25, 0.3) is 5.91 Å². The molecule has 0 aliphatic heterocycles. The highest BCUT2D eigenvalue weighted by molar-refractivity contribution is 6.31. The molecule has 0 heterocycles. The number of rotatable bonds is 7. The molecule has 0 aliphatic carbocycles. The smallest absolute Gasteiger partial charge is 0.312 e. The summed E-state index contributed by atoms with van der Waals surface area (Å²) in [6.45, 7) is -0.479. The van der Waals surface area contributed by atoms with Gasteiger partial charge in [0.05, 0.1) is 12.5 Å². The Morgan fingerprint density at radius 3 is 2.33 bits per heavy atom. The van der Waals surface area contributed by atoms with Gasteiger partial charge in [-0.25, -0.2) is 4.79 Å². The van der Waals surface area contributed by atoms with Crippen LogP contribution in [0.2, 0.25) is 10.0 Å². The van der Waals surface area contributed by atoms with Crippen LogP contribution in [0.25, 0.3) is 0 Å². The van der Waals surface area contributed by atoms with Crippen LogP contribution in [0.15, 0.2) is 48.5 Å². The van der Waals surface area contributed by atoms with Gasteiger partial charge in [0, 0.05) is 15.7 Å². The minimum atomic E-state index is -0.812. The quantitative estimate of drug-likeness (QED) is 0.609. The SMILES string of the molecule is NC(=O)N[C@@H](CC(=O)OCC(=O)Nc1ccc(Cl)cc1)c1ccccc1Cl. The van der Waals surface area contributed by atoms with Crippen LogP contribution < -0.4 is 16.4 Å². The molecule has 0 fully saturated rings. The summed E-state index contributed by atoms with van der Waals surface area (Å²) in [7, 11) is 0. The van der Waals surface area contributed by atoms with Gasteiger partial charge in [0.2, 0.25) is 0 Å². The zero-order valence-corrected chi connectivity index (χ0v) is 15.6. The number of urea groups is 1. The largest absolute Gasteiger partial charge is 0.455 e. The van der Waals surface area contributed by atoms with Gasteiger partial charge >= 0.3 is 12.0 Å². The lowest BCUT2D eigenvalue weighted by atomic mass is 10.0. The Balaban J connectivity index is 1.91. The second-order valence-electron chi connectivity index (χ2n) is 5.50. The fourth-order valence-corrected chi connectivity index (χ4v) is 2.66. The lowest BCUT2D eigenvalue weighted by Gasteiger charge is -2.18. The van der Waals surface area contributed by atoms with E-state index in [1.165, 1.54) is 0 Å². The third-order valence-electron chi connectivity index (χ3n) is 3.46. The fourth-order valence-electron chi connectivity index (χ4n) is 2.27. The fraction of sp³-hybridized carbons (Fsp3) is 0.167. The molecule has 0 spiro atoms. The summed E-state index contributed by atoms with van der Waals surface area (Å²) in [5.41, 5.74) is 6.19. The number of amides is 3. The first kappa shape index (κ1) is 20.5. The molecule has 0 bridgehead atoms. The van der Waals surface area contributed by atoms with Crippen molar-refractivity contribution in [1.29, 1.82) is 0 Å². The maximum atomic E-state index is 12.1. The number of carbonyl (C=O) groups is 3. The molecule has 1 atom stereocenters. The van der Waals surface area contributed by atoms with E-state index in [1.54, 1.807) is 48.5 Å². The monoisotopic (exact) mass is 409 g/mol. The number of carbonyl (C=O) groups excluding carboxylic acids is 3. The van der Waals surface area contributed by atoms with Crippen molar-refractivity contribution in [3.05, 3.63) is 64.1 Å². The predicted molar refractivity (Wildman–Crippen MR) is 103 cm³/mol. The van der Waals surface area contributed by atoms with Gasteiger partial charge in [-0.15, -0.1) is 0 Å². The molecule has 0 radical (unpaired) electrons. The van der Waals surface area contributed by atoms with Crippen molar-refractivity contribution in [2.45, 2.75) is 12.5 Å². The van der Waals surface area contributed by atoms with Crippen LogP contribution in [0.1, 0.15) is 18.0 Å². The Bertz CT molecular complexity index is 828.